The van der Waals surface area contributed by atoms with Gasteiger partial charge in [0.05, 0.1) is 6.54 Å². The van der Waals surface area contributed by atoms with Crippen LogP contribution in [0.15, 0.2) is 42.5 Å². The van der Waals surface area contributed by atoms with Crippen molar-refractivity contribution in [2.75, 3.05) is 23.3 Å². The van der Waals surface area contributed by atoms with Crippen LogP contribution in [-0.2, 0) is 24.1 Å². The maximum Gasteiger partial charge on any atom is 0.243 e. The molecule has 0 fully saturated rings. The molecule has 1 heterocycles. The predicted octanol–water partition coefficient (Wildman–Crippen LogP) is 3.57. The zero-order valence-corrected chi connectivity index (χ0v) is 13.3. The molecule has 1 aliphatic carbocycles. The molecule has 0 bridgehead atoms. The number of hydrogen-bond donors (Lipinski definition) is 1. The highest BCUT2D eigenvalue weighted by atomic mass is 16.2. The fraction of sp³-hybridized carbons (Fsp3) is 0.350. The molecule has 1 N–H and O–H groups in total. The van der Waals surface area contributed by atoms with Crippen molar-refractivity contribution in [1.82, 2.24) is 0 Å². The van der Waals surface area contributed by atoms with Gasteiger partial charge in [0.1, 0.15) is 0 Å². The second-order valence-electron chi connectivity index (χ2n) is 6.54. The molecule has 2 aromatic rings. The standard InChI is InChI=1S/C20H22N2O/c23-20(21-18-11-10-15-6-3-7-17(15)13-18)14-22-12-4-8-16-5-1-2-9-19(16)22/h1-2,5,9-11,13H,3-4,6-8,12,14H2,(H,21,23). The summed E-state index contributed by atoms with van der Waals surface area (Å²) >= 11 is 0. The zero-order valence-electron chi connectivity index (χ0n) is 13.3. The molecule has 0 atom stereocenters. The van der Waals surface area contributed by atoms with E-state index in [0.717, 1.165) is 31.5 Å². The number of amides is 1. The minimum atomic E-state index is 0.0691. The molecule has 1 amide bonds. The maximum absolute atomic E-state index is 12.4. The Morgan fingerprint density at radius 1 is 0.957 bits per heavy atom. The molecule has 4 rings (SSSR count). The lowest BCUT2D eigenvalue weighted by Gasteiger charge is -2.30. The molecule has 3 nitrogen and oxygen atoms in total. The van der Waals surface area contributed by atoms with Crippen LogP contribution in [0.2, 0.25) is 0 Å². The van der Waals surface area contributed by atoms with Gasteiger partial charge in [-0.1, -0.05) is 24.3 Å². The van der Waals surface area contributed by atoms with E-state index in [1.54, 1.807) is 0 Å². The minimum absolute atomic E-state index is 0.0691. The van der Waals surface area contributed by atoms with E-state index in [-0.39, 0.29) is 5.91 Å². The molecule has 0 spiro atoms. The maximum atomic E-state index is 12.4. The van der Waals surface area contributed by atoms with Gasteiger partial charge in [-0.05, 0) is 67.0 Å². The van der Waals surface area contributed by atoms with Crippen molar-refractivity contribution >= 4 is 17.3 Å². The summed E-state index contributed by atoms with van der Waals surface area (Å²) in [5.41, 5.74) is 6.33. The number of nitrogens with zero attached hydrogens (tertiary/aromatic N) is 1. The fourth-order valence-electron chi connectivity index (χ4n) is 3.80. The number of anilines is 2. The molecule has 23 heavy (non-hydrogen) atoms. The first-order chi connectivity index (χ1) is 11.3. The fourth-order valence-corrected chi connectivity index (χ4v) is 3.80. The summed E-state index contributed by atoms with van der Waals surface area (Å²) in [5, 5.41) is 3.07. The van der Waals surface area contributed by atoms with E-state index in [4.69, 9.17) is 0 Å². The third-order valence-electron chi connectivity index (χ3n) is 4.92. The monoisotopic (exact) mass is 306 g/mol. The van der Waals surface area contributed by atoms with Crippen LogP contribution in [0.25, 0.3) is 0 Å². The molecule has 0 saturated carbocycles. The Morgan fingerprint density at radius 2 is 1.78 bits per heavy atom. The lowest BCUT2D eigenvalue weighted by Crippen LogP contribution is -2.36. The molecular weight excluding hydrogens is 284 g/mol. The summed E-state index contributed by atoms with van der Waals surface area (Å²) in [7, 11) is 0. The lowest BCUT2D eigenvalue weighted by molar-refractivity contribution is -0.115. The Kier molecular flexibility index (Phi) is 3.78. The predicted molar refractivity (Wildman–Crippen MR) is 94.1 cm³/mol. The highest BCUT2D eigenvalue weighted by Gasteiger charge is 2.19. The number of hydrogen-bond acceptors (Lipinski definition) is 2. The van der Waals surface area contributed by atoms with Crippen LogP contribution in [-0.4, -0.2) is 19.0 Å². The molecule has 2 aromatic carbocycles. The number of benzene rings is 2. The van der Waals surface area contributed by atoms with E-state index >= 15 is 0 Å². The first-order valence-corrected chi connectivity index (χ1v) is 8.54. The van der Waals surface area contributed by atoms with Crippen LogP contribution >= 0.6 is 0 Å². The Morgan fingerprint density at radius 3 is 2.74 bits per heavy atom. The van der Waals surface area contributed by atoms with Crippen molar-refractivity contribution < 1.29 is 4.79 Å². The first kappa shape index (κ1) is 14.3. The van der Waals surface area contributed by atoms with Crippen LogP contribution < -0.4 is 10.2 Å². The third kappa shape index (κ3) is 2.96. The second kappa shape index (κ2) is 6.07. The summed E-state index contributed by atoms with van der Waals surface area (Å²) in [4.78, 5) is 14.6. The number of nitrogens with one attached hydrogen (secondary N) is 1. The molecule has 0 aromatic heterocycles. The molecule has 0 unspecified atom stereocenters. The molecule has 118 valence electrons. The Bertz CT molecular complexity index is 738. The normalized spacial score (nSPS) is 15.9. The van der Waals surface area contributed by atoms with Gasteiger partial charge < -0.3 is 10.2 Å². The van der Waals surface area contributed by atoms with Gasteiger partial charge in [-0.3, -0.25) is 4.79 Å². The summed E-state index contributed by atoms with van der Waals surface area (Å²) in [6.07, 6.45) is 5.77. The highest BCUT2D eigenvalue weighted by Crippen LogP contribution is 2.27. The number of fused-ring (bicyclic) bond motifs is 2. The Labute approximate surface area is 137 Å². The van der Waals surface area contributed by atoms with Crippen LogP contribution in [0, 0.1) is 0 Å². The quantitative estimate of drug-likeness (QED) is 0.940. The van der Waals surface area contributed by atoms with E-state index in [1.807, 2.05) is 6.07 Å². The van der Waals surface area contributed by atoms with Crippen molar-refractivity contribution in [1.29, 1.82) is 0 Å². The topological polar surface area (TPSA) is 32.3 Å². The van der Waals surface area contributed by atoms with Crippen molar-refractivity contribution in [3.63, 3.8) is 0 Å². The third-order valence-corrected chi connectivity index (χ3v) is 4.92. The van der Waals surface area contributed by atoms with Crippen molar-refractivity contribution in [2.24, 2.45) is 0 Å². The molecular formula is C20H22N2O. The van der Waals surface area contributed by atoms with Gasteiger partial charge in [-0.2, -0.15) is 0 Å². The van der Waals surface area contributed by atoms with Crippen LogP contribution in [0.3, 0.4) is 0 Å². The van der Waals surface area contributed by atoms with Crippen molar-refractivity contribution in [2.45, 2.75) is 32.1 Å². The largest absolute Gasteiger partial charge is 0.362 e. The SMILES string of the molecule is O=C(CN1CCCc2ccccc21)Nc1ccc2c(c1)CCC2. The van der Waals surface area contributed by atoms with Gasteiger partial charge >= 0.3 is 0 Å². The number of carbonyl (C=O) groups is 1. The Hall–Kier alpha value is -2.29. The molecule has 3 heteroatoms. The molecule has 2 aliphatic rings. The van der Waals surface area contributed by atoms with Gasteiger partial charge in [-0.15, -0.1) is 0 Å². The van der Waals surface area contributed by atoms with Crippen molar-refractivity contribution in [3.8, 4) is 0 Å². The van der Waals surface area contributed by atoms with Crippen LogP contribution in [0.4, 0.5) is 11.4 Å². The number of para-hydroxylation sites is 1. The van der Waals surface area contributed by atoms with E-state index in [2.05, 4.69) is 46.6 Å². The smallest absolute Gasteiger partial charge is 0.243 e. The average molecular weight is 306 g/mol. The van der Waals surface area contributed by atoms with Gasteiger partial charge in [0, 0.05) is 17.9 Å². The van der Waals surface area contributed by atoms with Gasteiger partial charge in [-0.25, -0.2) is 0 Å². The molecule has 1 aliphatic heterocycles. The van der Waals surface area contributed by atoms with E-state index in [9.17, 15) is 4.79 Å². The minimum Gasteiger partial charge on any atom is -0.362 e. The van der Waals surface area contributed by atoms with E-state index in [1.165, 1.54) is 35.2 Å². The summed E-state index contributed by atoms with van der Waals surface area (Å²) in [6.45, 7) is 1.38. The van der Waals surface area contributed by atoms with Gasteiger partial charge in [0.25, 0.3) is 0 Å². The number of carbonyl (C=O) groups excluding carboxylic acids is 1. The number of aryl methyl sites for hydroxylation is 3. The van der Waals surface area contributed by atoms with E-state index < -0.39 is 0 Å². The highest BCUT2D eigenvalue weighted by molar-refractivity contribution is 5.94. The first-order valence-electron chi connectivity index (χ1n) is 8.54. The second-order valence-corrected chi connectivity index (χ2v) is 6.54. The van der Waals surface area contributed by atoms with Crippen molar-refractivity contribution in [3.05, 3.63) is 59.2 Å². The molecule has 0 radical (unpaired) electrons. The number of rotatable bonds is 3. The van der Waals surface area contributed by atoms with E-state index in [0.29, 0.717) is 6.54 Å². The van der Waals surface area contributed by atoms with Crippen LogP contribution in [0.5, 0.6) is 0 Å². The zero-order chi connectivity index (χ0) is 15.6. The lowest BCUT2D eigenvalue weighted by atomic mass is 10.0. The summed E-state index contributed by atoms with van der Waals surface area (Å²) < 4.78 is 0. The average Bonchev–Trinajstić information content (AvgIpc) is 3.03. The Balaban J connectivity index is 1.45. The summed E-state index contributed by atoms with van der Waals surface area (Å²) in [6, 6.07) is 14.8. The molecule has 0 saturated heterocycles. The van der Waals surface area contributed by atoms with Crippen LogP contribution in [0.1, 0.15) is 29.5 Å². The van der Waals surface area contributed by atoms with Gasteiger partial charge in [0.2, 0.25) is 5.91 Å². The summed E-state index contributed by atoms with van der Waals surface area (Å²) in [5.74, 6) is 0.0691. The van der Waals surface area contributed by atoms with Gasteiger partial charge in [0.15, 0.2) is 0 Å².